The van der Waals surface area contributed by atoms with Crippen LogP contribution in [-0.4, -0.2) is 83.0 Å². The number of aromatic nitrogens is 2. The number of rotatable bonds is 26. The van der Waals surface area contributed by atoms with Gasteiger partial charge in [0.05, 0.1) is 38.3 Å². The van der Waals surface area contributed by atoms with Gasteiger partial charge in [0.25, 0.3) is 16.1 Å². The first-order valence-electron chi connectivity index (χ1n) is 17.3. The second kappa shape index (κ2) is 23.7. The van der Waals surface area contributed by atoms with Crippen molar-refractivity contribution in [2.24, 2.45) is 0 Å². The Kier molecular flexibility index (Phi) is 18.6. The van der Waals surface area contributed by atoms with Crippen molar-refractivity contribution in [2.75, 3.05) is 39.5 Å². The van der Waals surface area contributed by atoms with Gasteiger partial charge in [0.15, 0.2) is 0 Å². The van der Waals surface area contributed by atoms with Crippen molar-refractivity contribution >= 4 is 41.2 Å². The lowest BCUT2D eigenvalue weighted by atomic mass is 10.1. The molecule has 3 rings (SSSR count). The molecule has 2 aromatic heterocycles. The number of carbonyl (C=O) groups excluding carboxylic acids is 4. The van der Waals surface area contributed by atoms with Crippen LogP contribution in [0.25, 0.3) is 6.08 Å². The van der Waals surface area contributed by atoms with Crippen LogP contribution in [0.4, 0.5) is 0 Å². The third kappa shape index (κ3) is 16.2. The van der Waals surface area contributed by atoms with Crippen molar-refractivity contribution in [3.8, 4) is 0 Å². The van der Waals surface area contributed by atoms with Crippen LogP contribution in [0.15, 0.2) is 52.9 Å². The molecule has 0 bridgehead atoms. The van der Waals surface area contributed by atoms with Crippen LogP contribution in [0, 0.1) is 20.2 Å². The van der Waals surface area contributed by atoms with E-state index in [2.05, 4.69) is 32.2 Å². The maximum absolute atomic E-state index is 13.4. The van der Waals surface area contributed by atoms with Gasteiger partial charge < -0.3 is 34.3 Å². The maximum Gasteiger partial charge on any atom is 0.325 e. The van der Waals surface area contributed by atoms with E-state index in [0.717, 1.165) is 29.8 Å². The van der Waals surface area contributed by atoms with Crippen LogP contribution in [0.2, 0.25) is 0 Å². The van der Waals surface area contributed by atoms with Crippen LogP contribution < -0.4 is 10.6 Å². The number of nitrogens with zero attached hydrogens (tertiary/aromatic N) is 4. The molecule has 2 heterocycles. The fourth-order valence-electron chi connectivity index (χ4n) is 4.87. The number of aryl methyl sites for hydroxylation is 1. The minimum Gasteiger partial charge on any atom is -0.464 e. The van der Waals surface area contributed by atoms with E-state index in [9.17, 15) is 39.4 Å². The molecule has 2 amide bonds. The lowest BCUT2D eigenvalue weighted by molar-refractivity contribution is -0.757. The maximum atomic E-state index is 13.4. The molecule has 3 aromatic rings. The van der Waals surface area contributed by atoms with Crippen LogP contribution >= 0.6 is 11.3 Å². The first kappa shape index (κ1) is 42.6. The normalized spacial score (nSPS) is 11.0. The smallest absolute Gasteiger partial charge is 0.325 e. The van der Waals surface area contributed by atoms with Gasteiger partial charge in [-0.1, -0.05) is 25.5 Å². The van der Waals surface area contributed by atoms with Gasteiger partial charge in [0, 0.05) is 30.5 Å². The van der Waals surface area contributed by atoms with Gasteiger partial charge in [0.1, 0.15) is 18.9 Å². The standard InChI is InChI=1S/C35H44N6O12S/c1-2-3-8-31-36-21-30(20-29(19-27-13-18-54-25-27)35(45)38-23-33(43)51-15-5-7-17-53-41(48)49)39(31)24-26-9-11-28(12-10-26)34(44)37-22-32(42)50-14-4-6-16-52-40(46)47/h9-13,18,20-21,25H,2-8,14-17,19,22-24H2,1H3,(H,37,44)(H,38,45)/b29-20+. The summed E-state index contributed by atoms with van der Waals surface area (Å²) in [5.41, 5.74) is 3.18. The second-order valence-electron chi connectivity index (χ2n) is 11.8. The van der Waals surface area contributed by atoms with Gasteiger partial charge in [0.2, 0.25) is 5.91 Å². The summed E-state index contributed by atoms with van der Waals surface area (Å²) < 4.78 is 12.2. The number of hydrogen-bond acceptors (Lipinski definition) is 14. The highest BCUT2D eigenvalue weighted by molar-refractivity contribution is 7.07. The lowest BCUT2D eigenvalue weighted by Gasteiger charge is -2.13. The molecule has 0 unspecified atom stereocenters. The molecule has 292 valence electrons. The van der Waals surface area contributed by atoms with E-state index in [1.165, 1.54) is 11.3 Å². The molecular weight excluding hydrogens is 728 g/mol. The Morgan fingerprint density at radius 1 is 0.833 bits per heavy atom. The lowest BCUT2D eigenvalue weighted by Crippen LogP contribution is -2.32. The topological polar surface area (TPSA) is 233 Å². The molecule has 0 aliphatic heterocycles. The zero-order chi connectivity index (χ0) is 39.1. The van der Waals surface area contributed by atoms with Gasteiger partial charge in [-0.25, -0.2) is 4.98 Å². The Labute approximate surface area is 315 Å². The van der Waals surface area contributed by atoms with Crippen molar-refractivity contribution in [3.05, 3.63) is 101 Å². The number of amides is 2. The van der Waals surface area contributed by atoms with E-state index in [1.54, 1.807) is 36.5 Å². The minimum absolute atomic E-state index is 0.0300. The second-order valence-corrected chi connectivity index (χ2v) is 12.6. The summed E-state index contributed by atoms with van der Waals surface area (Å²) in [5.74, 6) is -1.40. The van der Waals surface area contributed by atoms with Crippen LogP contribution in [0.3, 0.4) is 0 Å². The molecule has 0 aliphatic carbocycles. The number of imidazole rings is 1. The average molecular weight is 773 g/mol. The molecule has 0 radical (unpaired) electrons. The van der Waals surface area contributed by atoms with E-state index in [-0.39, 0.29) is 39.5 Å². The molecule has 19 heteroatoms. The van der Waals surface area contributed by atoms with Crippen molar-refractivity contribution in [3.63, 3.8) is 0 Å². The summed E-state index contributed by atoms with van der Waals surface area (Å²) in [4.78, 5) is 83.9. The Balaban J connectivity index is 1.65. The highest BCUT2D eigenvalue weighted by Crippen LogP contribution is 2.19. The van der Waals surface area contributed by atoms with Crippen molar-refractivity contribution in [1.82, 2.24) is 20.2 Å². The number of hydrogen-bond donors (Lipinski definition) is 2. The summed E-state index contributed by atoms with van der Waals surface area (Å²) in [5, 5.41) is 27.6. The van der Waals surface area contributed by atoms with Crippen molar-refractivity contribution in [2.45, 2.75) is 64.8 Å². The van der Waals surface area contributed by atoms with Crippen molar-refractivity contribution < 1.29 is 48.5 Å². The number of thiophene rings is 1. The van der Waals surface area contributed by atoms with Crippen LogP contribution in [-0.2, 0) is 52.9 Å². The summed E-state index contributed by atoms with van der Waals surface area (Å²) >= 11 is 1.50. The molecule has 0 fully saturated rings. The summed E-state index contributed by atoms with van der Waals surface area (Å²) in [6.07, 6.45) is 7.69. The first-order chi connectivity index (χ1) is 26.0. The van der Waals surface area contributed by atoms with Gasteiger partial charge >= 0.3 is 11.9 Å². The fourth-order valence-corrected chi connectivity index (χ4v) is 5.54. The highest BCUT2D eigenvalue weighted by Gasteiger charge is 2.17. The predicted molar refractivity (Wildman–Crippen MR) is 194 cm³/mol. The quantitative estimate of drug-likeness (QED) is 0.0388. The highest BCUT2D eigenvalue weighted by atomic mass is 32.1. The van der Waals surface area contributed by atoms with E-state index in [4.69, 9.17) is 9.47 Å². The summed E-state index contributed by atoms with van der Waals surface area (Å²) in [7, 11) is 0. The molecule has 0 aliphatic rings. The number of carbonyl (C=O) groups is 4. The van der Waals surface area contributed by atoms with Gasteiger partial charge in [-0.3, -0.25) is 19.2 Å². The monoisotopic (exact) mass is 772 g/mol. The average Bonchev–Trinajstić information content (AvgIpc) is 3.81. The number of unbranched alkanes of at least 4 members (excludes halogenated alkanes) is 3. The Hall–Kier alpha value is -5.85. The number of esters is 2. The molecule has 0 saturated carbocycles. The Morgan fingerprint density at radius 3 is 2.02 bits per heavy atom. The van der Waals surface area contributed by atoms with E-state index >= 15 is 0 Å². The van der Waals surface area contributed by atoms with Gasteiger partial charge in [-0.15, -0.1) is 20.2 Å². The Bertz CT molecular complexity index is 1710. The third-order valence-corrected chi connectivity index (χ3v) is 8.38. The summed E-state index contributed by atoms with van der Waals surface area (Å²) in [6, 6.07) is 8.76. The van der Waals surface area contributed by atoms with E-state index in [1.807, 2.05) is 21.4 Å². The SMILES string of the molecule is CCCCc1ncc(/C=C(\Cc2ccsc2)C(=O)NCC(=O)OCCCCO[N+](=O)[O-])n1Cc1ccc(C(=O)NCC(=O)OCCCCO[N+](=O)[O-])cc1. The minimum atomic E-state index is -0.889. The largest absolute Gasteiger partial charge is 0.464 e. The fraction of sp³-hybridized carbons (Fsp3) is 0.457. The molecule has 54 heavy (non-hydrogen) atoms. The molecule has 1 aromatic carbocycles. The molecule has 18 nitrogen and oxygen atoms in total. The van der Waals surface area contributed by atoms with Crippen LogP contribution in [0.1, 0.15) is 78.5 Å². The molecule has 2 N–H and O–H groups in total. The zero-order valence-corrected chi connectivity index (χ0v) is 30.7. The molecule has 0 atom stereocenters. The summed E-state index contributed by atoms with van der Waals surface area (Å²) in [6.45, 7) is 1.63. The van der Waals surface area contributed by atoms with Crippen LogP contribution in [0.5, 0.6) is 0 Å². The van der Waals surface area contributed by atoms with E-state index < -0.39 is 33.9 Å². The molecular formula is C35H44N6O12S. The van der Waals surface area contributed by atoms with Gasteiger partial charge in [-0.05, 0) is 78.3 Å². The Morgan fingerprint density at radius 2 is 1.44 bits per heavy atom. The predicted octanol–water partition coefficient (Wildman–Crippen LogP) is 3.87. The zero-order valence-electron chi connectivity index (χ0n) is 29.9. The third-order valence-electron chi connectivity index (χ3n) is 7.65. The van der Waals surface area contributed by atoms with E-state index in [0.29, 0.717) is 61.9 Å². The van der Waals surface area contributed by atoms with Crippen molar-refractivity contribution in [1.29, 1.82) is 0 Å². The first-order valence-corrected chi connectivity index (χ1v) is 18.3. The number of nitrogens with one attached hydrogen (secondary N) is 2. The molecule has 0 spiro atoms. The number of benzene rings is 1. The molecule has 0 saturated heterocycles. The number of ether oxygens (including phenoxy) is 2. The van der Waals surface area contributed by atoms with Gasteiger partial charge in [-0.2, -0.15) is 11.3 Å².